The van der Waals surface area contributed by atoms with Crippen LogP contribution in [0.3, 0.4) is 0 Å². The van der Waals surface area contributed by atoms with Gasteiger partial charge in [0, 0.05) is 12.3 Å². The lowest BCUT2D eigenvalue weighted by atomic mass is 10.0. The quantitative estimate of drug-likeness (QED) is 0.577. The molecule has 0 aliphatic heterocycles. The molecule has 0 aromatic heterocycles. The Labute approximate surface area is 99.6 Å². The second-order valence-corrected chi connectivity index (χ2v) is 4.53. The molecule has 6 nitrogen and oxygen atoms in total. The number of primary amides is 1. The third kappa shape index (κ3) is 4.42. The van der Waals surface area contributed by atoms with Crippen molar-refractivity contribution in [2.24, 2.45) is 17.6 Å². The summed E-state index contributed by atoms with van der Waals surface area (Å²) in [5, 5.41) is 11.4. The Hall–Kier alpha value is -1.59. The summed E-state index contributed by atoms with van der Waals surface area (Å²) in [5.74, 6) is -1.75. The van der Waals surface area contributed by atoms with Crippen LogP contribution < -0.4 is 11.1 Å². The normalized spacial score (nSPS) is 18.2. The fraction of sp³-hybridized carbons (Fsp3) is 0.727. The molecule has 2 atom stereocenters. The third-order valence-electron chi connectivity index (χ3n) is 3.04. The molecule has 1 fully saturated rings. The van der Waals surface area contributed by atoms with Crippen LogP contribution in [0.2, 0.25) is 0 Å². The molecule has 96 valence electrons. The first kappa shape index (κ1) is 13.5. The van der Waals surface area contributed by atoms with Gasteiger partial charge < -0.3 is 16.2 Å². The molecule has 0 spiro atoms. The van der Waals surface area contributed by atoms with Gasteiger partial charge in [0.2, 0.25) is 11.8 Å². The molecule has 1 aliphatic carbocycles. The third-order valence-corrected chi connectivity index (χ3v) is 3.04. The number of carboxylic acid groups (broad SMARTS) is 1. The number of nitrogens with two attached hydrogens (primary N) is 1. The molecule has 1 saturated carbocycles. The van der Waals surface area contributed by atoms with E-state index >= 15 is 0 Å². The molecule has 1 aliphatic rings. The molecular weight excluding hydrogens is 224 g/mol. The number of aliphatic carboxylic acids is 1. The van der Waals surface area contributed by atoms with E-state index in [0.717, 1.165) is 12.8 Å². The Kier molecular flexibility index (Phi) is 4.48. The number of nitrogens with one attached hydrogen (secondary N) is 1. The zero-order valence-corrected chi connectivity index (χ0v) is 9.81. The maximum atomic E-state index is 11.7. The van der Waals surface area contributed by atoms with Crippen molar-refractivity contribution in [1.29, 1.82) is 0 Å². The maximum Gasteiger partial charge on any atom is 0.326 e. The van der Waals surface area contributed by atoms with Crippen LogP contribution in [0.15, 0.2) is 0 Å². The Morgan fingerprint density at radius 3 is 2.41 bits per heavy atom. The van der Waals surface area contributed by atoms with Gasteiger partial charge in [-0.25, -0.2) is 4.79 Å². The number of carbonyl (C=O) groups is 3. The Morgan fingerprint density at radius 2 is 2.00 bits per heavy atom. The highest BCUT2D eigenvalue weighted by Gasteiger charge is 2.34. The Morgan fingerprint density at radius 1 is 1.41 bits per heavy atom. The van der Waals surface area contributed by atoms with Gasteiger partial charge in [-0.05, 0) is 25.2 Å². The molecule has 0 heterocycles. The van der Waals surface area contributed by atoms with Gasteiger partial charge in [0.15, 0.2) is 0 Å². The van der Waals surface area contributed by atoms with Crippen LogP contribution in [0, 0.1) is 11.8 Å². The van der Waals surface area contributed by atoms with E-state index in [4.69, 9.17) is 10.8 Å². The lowest BCUT2D eigenvalue weighted by Crippen LogP contribution is -2.44. The van der Waals surface area contributed by atoms with Crippen molar-refractivity contribution in [3.05, 3.63) is 0 Å². The molecule has 0 saturated heterocycles. The molecular formula is C11H18N2O4. The van der Waals surface area contributed by atoms with Crippen molar-refractivity contribution in [2.75, 3.05) is 0 Å². The summed E-state index contributed by atoms with van der Waals surface area (Å²) in [7, 11) is 0. The SMILES string of the molecule is CC(C(=O)N[C@@H](CCC(N)=O)C(=O)O)C1CC1. The van der Waals surface area contributed by atoms with Gasteiger partial charge in [-0.1, -0.05) is 6.92 Å². The van der Waals surface area contributed by atoms with Crippen molar-refractivity contribution in [1.82, 2.24) is 5.32 Å². The van der Waals surface area contributed by atoms with Crippen LogP contribution in [-0.4, -0.2) is 28.9 Å². The summed E-state index contributed by atoms with van der Waals surface area (Å²) in [6.07, 6.45) is 2.03. The summed E-state index contributed by atoms with van der Waals surface area (Å²) < 4.78 is 0. The van der Waals surface area contributed by atoms with E-state index in [1.807, 2.05) is 0 Å². The van der Waals surface area contributed by atoms with Gasteiger partial charge in [-0.2, -0.15) is 0 Å². The highest BCUT2D eigenvalue weighted by molar-refractivity contribution is 5.85. The van der Waals surface area contributed by atoms with Gasteiger partial charge in [0.05, 0.1) is 0 Å². The predicted molar refractivity (Wildman–Crippen MR) is 59.9 cm³/mol. The molecule has 17 heavy (non-hydrogen) atoms. The highest BCUT2D eigenvalue weighted by Crippen LogP contribution is 2.36. The minimum Gasteiger partial charge on any atom is -0.480 e. The molecule has 1 rings (SSSR count). The van der Waals surface area contributed by atoms with Gasteiger partial charge in [0.1, 0.15) is 6.04 Å². The Bertz CT molecular complexity index is 325. The summed E-state index contributed by atoms with van der Waals surface area (Å²) in [5.41, 5.74) is 4.95. The van der Waals surface area contributed by atoms with Gasteiger partial charge in [-0.3, -0.25) is 9.59 Å². The summed E-state index contributed by atoms with van der Waals surface area (Å²) >= 11 is 0. The molecule has 0 aromatic carbocycles. The summed E-state index contributed by atoms with van der Waals surface area (Å²) in [6.45, 7) is 1.79. The van der Waals surface area contributed by atoms with E-state index in [0.29, 0.717) is 5.92 Å². The lowest BCUT2D eigenvalue weighted by Gasteiger charge is -2.17. The molecule has 0 radical (unpaired) electrons. The molecule has 0 bridgehead atoms. The van der Waals surface area contributed by atoms with E-state index in [2.05, 4.69) is 5.32 Å². The van der Waals surface area contributed by atoms with Crippen molar-refractivity contribution >= 4 is 17.8 Å². The van der Waals surface area contributed by atoms with E-state index in [1.54, 1.807) is 6.92 Å². The average molecular weight is 242 g/mol. The van der Waals surface area contributed by atoms with Crippen LogP contribution in [0.1, 0.15) is 32.6 Å². The highest BCUT2D eigenvalue weighted by atomic mass is 16.4. The second kappa shape index (κ2) is 5.65. The maximum absolute atomic E-state index is 11.7. The van der Waals surface area contributed by atoms with Crippen LogP contribution >= 0.6 is 0 Å². The van der Waals surface area contributed by atoms with Crippen molar-refractivity contribution in [3.63, 3.8) is 0 Å². The topological polar surface area (TPSA) is 109 Å². The largest absolute Gasteiger partial charge is 0.480 e. The number of hydrogen-bond donors (Lipinski definition) is 3. The first-order valence-electron chi connectivity index (χ1n) is 5.73. The van der Waals surface area contributed by atoms with Crippen LogP contribution in [-0.2, 0) is 14.4 Å². The number of rotatable bonds is 7. The molecule has 0 aromatic rings. The molecule has 4 N–H and O–H groups in total. The number of hydrogen-bond acceptors (Lipinski definition) is 3. The monoisotopic (exact) mass is 242 g/mol. The van der Waals surface area contributed by atoms with Crippen LogP contribution in [0.25, 0.3) is 0 Å². The minimum absolute atomic E-state index is 0.0355. The zero-order chi connectivity index (χ0) is 13.0. The standard InChI is InChI=1S/C11H18N2O4/c1-6(7-2-3-7)10(15)13-8(11(16)17)4-5-9(12)14/h6-8H,2-5H2,1H3,(H2,12,14)(H,13,15)(H,16,17)/t6?,8-/m0/s1. The zero-order valence-electron chi connectivity index (χ0n) is 9.81. The number of carbonyl (C=O) groups excluding carboxylic acids is 2. The average Bonchev–Trinajstić information content (AvgIpc) is 3.05. The van der Waals surface area contributed by atoms with Crippen molar-refractivity contribution < 1.29 is 19.5 Å². The van der Waals surface area contributed by atoms with E-state index in [1.165, 1.54) is 0 Å². The van der Waals surface area contributed by atoms with E-state index < -0.39 is 17.9 Å². The molecule has 6 heteroatoms. The van der Waals surface area contributed by atoms with Crippen molar-refractivity contribution in [3.8, 4) is 0 Å². The predicted octanol–water partition coefficient (Wildman–Crippen LogP) is -0.133. The molecule has 2 amide bonds. The smallest absolute Gasteiger partial charge is 0.326 e. The summed E-state index contributed by atoms with van der Waals surface area (Å²) in [4.78, 5) is 33.2. The summed E-state index contributed by atoms with van der Waals surface area (Å²) in [6, 6.07) is -1.03. The van der Waals surface area contributed by atoms with E-state index in [-0.39, 0.29) is 24.7 Å². The van der Waals surface area contributed by atoms with Gasteiger partial charge in [-0.15, -0.1) is 0 Å². The first-order valence-corrected chi connectivity index (χ1v) is 5.73. The Balaban J connectivity index is 2.44. The van der Waals surface area contributed by atoms with E-state index in [9.17, 15) is 14.4 Å². The van der Waals surface area contributed by atoms with Gasteiger partial charge in [0.25, 0.3) is 0 Å². The van der Waals surface area contributed by atoms with Crippen molar-refractivity contribution in [2.45, 2.75) is 38.6 Å². The van der Waals surface area contributed by atoms with Crippen LogP contribution in [0.5, 0.6) is 0 Å². The molecule has 1 unspecified atom stereocenters. The fourth-order valence-corrected chi connectivity index (χ4v) is 1.66. The number of amides is 2. The first-order chi connectivity index (χ1) is 7.91. The van der Waals surface area contributed by atoms with Crippen LogP contribution in [0.4, 0.5) is 0 Å². The minimum atomic E-state index is -1.14. The second-order valence-electron chi connectivity index (χ2n) is 4.53. The lowest BCUT2D eigenvalue weighted by molar-refractivity contribution is -0.142. The fourth-order valence-electron chi connectivity index (χ4n) is 1.66. The number of carboxylic acids is 1. The van der Waals surface area contributed by atoms with Gasteiger partial charge >= 0.3 is 5.97 Å².